The molecule has 1 aliphatic rings. The van der Waals surface area contributed by atoms with Crippen molar-refractivity contribution >= 4 is 15.7 Å². The molecule has 1 fully saturated rings. The van der Waals surface area contributed by atoms with Crippen LogP contribution >= 0.6 is 0 Å². The second-order valence-electron chi connectivity index (χ2n) is 5.29. The molecular formula is C15H18N2O4S. The van der Waals surface area contributed by atoms with Crippen molar-refractivity contribution in [2.45, 2.75) is 20.0 Å². The van der Waals surface area contributed by atoms with Crippen LogP contribution in [0.2, 0.25) is 0 Å². The van der Waals surface area contributed by atoms with Crippen molar-refractivity contribution in [3.63, 3.8) is 0 Å². The van der Waals surface area contributed by atoms with Crippen LogP contribution in [0.1, 0.15) is 17.9 Å². The summed E-state index contributed by atoms with van der Waals surface area (Å²) in [4.78, 5) is 0. The van der Waals surface area contributed by atoms with Gasteiger partial charge in [-0.05, 0) is 31.0 Å². The van der Waals surface area contributed by atoms with Gasteiger partial charge in [-0.2, -0.15) is 0 Å². The van der Waals surface area contributed by atoms with Crippen LogP contribution in [0.25, 0.3) is 11.1 Å². The summed E-state index contributed by atoms with van der Waals surface area (Å²) in [6.07, 6.45) is 0.660. The molecular weight excluding hydrogens is 304 g/mol. The van der Waals surface area contributed by atoms with E-state index < -0.39 is 10.0 Å². The molecule has 0 atom stereocenters. The quantitative estimate of drug-likeness (QED) is 0.864. The number of ether oxygens (including phenoxy) is 1. The Balaban J connectivity index is 2.04. The number of aryl methyl sites for hydroxylation is 1. The average molecular weight is 322 g/mol. The Kier molecular flexibility index (Phi) is 3.92. The number of sulfonamides is 1. The summed E-state index contributed by atoms with van der Waals surface area (Å²) in [5, 5.41) is 4.01. The number of anilines is 1. The van der Waals surface area contributed by atoms with Crippen LogP contribution in [0.5, 0.6) is 0 Å². The van der Waals surface area contributed by atoms with Crippen LogP contribution in [0, 0.1) is 6.92 Å². The summed E-state index contributed by atoms with van der Waals surface area (Å²) in [6, 6.07) is 7.44. The summed E-state index contributed by atoms with van der Waals surface area (Å²) in [5.74, 6) is 0.895. The van der Waals surface area contributed by atoms with E-state index in [2.05, 4.69) is 5.16 Å². The standard InChI is InChI=1S/C15H18N2O4S/c1-11-15(14(10-20-2)16-21-11)12-5-3-6-13(9-12)17-7-4-8-22(17,18)19/h3,5-6,9H,4,7-8,10H2,1-2H3. The Morgan fingerprint density at radius 3 is 2.91 bits per heavy atom. The highest BCUT2D eigenvalue weighted by Gasteiger charge is 2.28. The normalized spacial score (nSPS) is 17.1. The molecule has 3 rings (SSSR count). The largest absolute Gasteiger partial charge is 0.378 e. The Morgan fingerprint density at radius 1 is 1.41 bits per heavy atom. The first-order chi connectivity index (χ1) is 10.5. The summed E-state index contributed by atoms with van der Waals surface area (Å²) in [6.45, 7) is 2.71. The highest BCUT2D eigenvalue weighted by molar-refractivity contribution is 7.93. The average Bonchev–Trinajstić information content (AvgIpc) is 3.02. The third-order valence-corrected chi connectivity index (χ3v) is 5.61. The molecule has 0 aliphatic carbocycles. The van der Waals surface area contributed by atoms with Gasteiger partial charge in [-0.3, -0.25) is 4.31 Å². The van der Waals surface area contributed by atoms with E-state index in [1.54, 1.807) is 7.11 Å². The highest BCUT2D eigenvalue weighted by atomic mass is 32.2. The molecule has 0 radical (unpaired) electrons. The van der Waals surface area contributed by atoms with E-state index in [-0.39, 0.29) is 5.75 Å². The zero-order valence-electron chi connectivity index (χ0n) is 12.6. The first-order valence-corrected chi connectivity index (χ1v) is 8.69. The van der Waals surface area contributed by atoms with Crippen LogP contribution in [0.15, 0.2) is 28.8 Å². The zero-order valence-corrected chi connectivity index (χ0v) is 13.4. The molecule has 2 heterocycles. The fourth-order valence-corrected chi connectivity index (χ4v) is 4.33. The summed E-state index contributed by atoms with van der Waals surface area (Å²) in [7, 11) is -1.59. The lowest BCUT2D eigenvalue weighted by molar-refractivity contribution is 0.177. The molecule has 0 amide bonds. The van der Waals surface area contributed by atoms with Crippen molar-refractivity contribution in [1.82, 2.24) is 5.16 Å². The minimum absolute atomic E-state index is 0.207. The van der Waals surface area contributed by atoms with Crippen LogP contribution in [-0.2, 0) is 21.4 Å². The van der Waals surface area contributed by atoms with E-state index in [4.69, 9.17) is 9.26 Å². The molecule has 22 heavy (non-hydrogen) atoms. The number of aromatic nitrogens is 1. The molecule has 0 N–H and O–H groups in total. The Morgan fingerprint density at radius 2 is 2.23 bits per heavy atom. The van der Waals surface area contributed by atoms with E-state index in [0.717, 1.165) is 11.1 Å². The summed E-state index contributed by atoms with van der Waals surface area (Å²) in [5.41, 5.74) is 3.13. The lowest BCUT2D eigenvalue weighted by Gasteiger charge is -2.17. The molecule has 1 aromatic carbocycles. The van der Waals surface area contributed by atoms with Gasteiger partial charge < -0.3 is 9.26 Å². The van der Waals surface area contributed by atoms with Gasteiger partial charge in [-0.25, -0.2) is 8.42 Å². The highest BCUT2D eigenvalue weighted by Crippen LogP contribution is 2.32. The van der Waals surface area contributed by atoms with Gasteiger partial charge in [0.25, 0.3) is 0 Å². The number of hydrogen-bond acceptors (Lipinski definition) is 5. The van der Waals surface area contributed by atoms with Crippen molar-refractivity contribution in [3.8, 4) is 11.1 Å². The van der Waals surface area contributed by atoms with E-state index in [0.29, 0.717) is 36.7 Å². The lowest BCUT2D eigenvalue weighted by atomic mass is 10.0. The van der Waals surface area contributed by atoms with E-state index >= 15 is 0 Å². The van der Waals surface area contributed by atoms with Gasteiger partial charge in [0.05, 0.1) is 18.0 Å². The topological polar surface area (TPSA) is 72.6 Å². The molecule has 0 unspecified atom stereocenters. The van der Waals surface area contributed by atoms with Gasteiger partial charge in [0, 0.05) is 19.2 Å². The van der Waals surface area contributed by atoms with Gasteiger partial charge in [-0.1, -0.05) is 17.3 Å². The first-order valence-electron chi connectivity index (χ1n) is 7.08. The maximum Gasteiger partial charge on any atom is 0.235 e. The minimum Gasteiger partial charge on any atom is -0.378 e. The third-order valence-electron chi connectivity index (χ3n) is 3.74. The minimum atomic E-state index is -3.19. The predicted molar refractivity (Wildman–Crippen MR) is 83.1 cm³/mol. The number of benzene rings is 1. The first kappa shape index (κ1) is 15.1. The number of rotatable bonds is 4. The Bertz CT molecular complexity index is 783. The number of hydrogen-bond donors (Lipinski definition) is 0. The molecule has 118 valence electrons. The maximum absolute atomic E-state index is 12.1. The number of methoxy groups -OCH3 is 1. The molecule has 6 nitrogen and oxygen atoms in total. The van der Waals surface area contributed by atoms with Crippen molar-refractivity contribution in [3.05, 3.63) is 35.7 Å². The van der Waals surface area contributed by atoms with Crippen molar-refractivity contribution in [2.75, 3.05) is 23.7 Å². The lowest BCUT2D eigenvalue weighted by Crippen LogP contribution is -2.24. The zero-order chi connectivity index (χ0) is 15.7. The van der Waals surface area contributed by atoms with Crippen LogP contribution in [0.4, 0.5) is 5.69 Å². The van der Waals surface area contributed by atoms with Gasteiger partial charge in [0.15, 0.2) is 0 Å². The SMILES string of the molecule is COCc1noc(C)c1-c1cccc(N2CCCS2(=O)=O)c1. The van der Waals surface area contributed by atoms with Crippen molar-refractivity contribution < 1.29 is 17.7 Å². The molecule has 7 heteroatoms. The second-order valence-corrected chi connectivity index (χ2v) is 7.30. The smallest absolute Gasteiger partial charge is 0.235 e. The van der Waals surface area contributed by atoms with E-state index in [1.165, 1.54) is 4.31 Å². The number of nitrogens with zero attached hydrogens (tertiary/aromatic N) is 2. The monoisotopic (exact) mass is 322 g/mol. The molecule has 1 aromatic heterocycles. The molecule has 0 saturated carbocycles. The summed E-state index contributed by atoms with van der Waals surface area (Å²) >= 11 is 0. The fourth-order valence-electron chi connectivity index (χ4n) is 2.77. The molecule has 0 spiro atoms. The van der Waals surface area contributed by atoms with Gasteiger partial charge in [0.2, 0.25) is 10.0 Å². The molecule has 0 bridgehead atoms. The second kappa shape index (κ2) is 5.73. The third kappa shape index (κ3) is 2.62. The van der Waals surface area contributed by atoms with E-state index in [1.807, 2.05) is 31.2 Å². The van der Waals surface area contributed by atoms with Crippen LogP contribution < -0.4 is 4.31 Å². The van der Waals surface area contributed by atoms with Crippen molar-refractivity contribution in [2.24, 2.45) is 0 Å². The molecule has 1 aliphatic heterocycles. The Labute approximate surface area is 129 Å². The van der Waals surface area contributed by atoms with Gasteiger partial charge >= 0.3 is 0 Å². The molecule has 1 saturated heterocycles. The maximum atomic E-state index is 12.1. The van der Waals surface area contributed by atoms with E-state index in [9.17, 15) is 8.42 Å². The fraction of sp³-hybridized carbons (Fsp3) is 0.400. The summed E-state index contributed by atoms with van der Waals surface area (Å²) < 4.78 is 36.0. The predicted octanol–water partition coefficient (Wildman–Crippen LogP) is 2.34. The van der Waals surface area contributed by atoms with Crippen molar-refractivity contribution in [1.29, 1.82) is 0 Å². The molecule has 2 aromatic rings. The van der Waals surface area contributed by atoms with Gasteiger partial charge in [-0.15, -0.1) is 0 Å². The van der Waals surface area contributed by atoms with Crippen LogP contribution in [0.3, 0.4) is 0 Å². The van der Waals surface area contributed by atoms with Crippen LogP contribution in [-0.4, -0.2) is 33.0 Å². The van der Waals surface area contributed by atoms with Gasteiger partial charge in [0.1, 0.15) is 11.5 Å². The Hall–Kier alpha value is -1.86.